The normalized spacial score (nSPS) is 14.9. The highest BCUT2D eigenvalue weighted by Crippen LogP contribution is 2.19. The molecule has 1 aromatic carbocycles. The smallest absolute Gasteiger partial charge is 0.243 e. The molecule has 1 saturated heterocycles. The van der Waals surface area contributed by atoms with Crippen molar-refractivity contribution in [1.82, 2.24) is 14.7 Å². The fourth-order valence-corrected chi connectivity index (χ4v) is 4.14. The van der Waals surface area contributed by atoms with Crippen LogP contribution in [0.3, 0.4) is 0 Å². The first-order valence-electron chi connectivity index (χ1n) is 9.14. The monoisotopic (exact) mass is 411 g/mol. The largest absolute Gasteiger partial charge is 0.356 e. The fraction of sp³-hybridized carbons (Fsp3) is 0.444. The summed E-state index contributed by atoms with van der Waals surface area (Å²) in [5.74, 6) is -0.704. The van der Waals surface area contributed by atoms with Gasteiger partial charge in [-0.05, 0) is 38.3 Å². The molecule has 0 unspecified atom stereocenters. The second-order valence-electron chi connectivity index (χ2n) is 6.64. The van der Waals surface area contributed by atoms with E-state index in [1.165, 1.54) is 6.42 Å². The van der Waals surface area contributed by atoms with Crippen LogP contribution in [-0.2, 0) is 10.0 Å². The van der Waals surface area contributed by atoms with Gasteiger partial charge in [0.15, 0.2) is 0 Å². The molecular weight excluding hydrogens is 388 g/mol. The Morgan fingerprint density at radius 2 is 1.82 bits per heavy atom. The highest BCUT2D eigenvalue weighted by atomic mass is 32.2. The number of hydrogen-bond acceptors (Lipinski definition) is 6. The second kappa shape index (κ2) is 8.78. The average Bonchev–Trinajstić information content (AvgIpc) is 2.65. The third kappa shape index (κ3) is 5.14. The molecule has 0 bridgehead atoms. The molecule has 1 aliphatic rings. The summed E-state index contributed by atoms with van der Waals surface area (Å²) >= 11 is 0. The number of nitrogens with one attached hydrogen (secondary N) is 2. The van der Waals surface area contributed by atoms with Crippen LogP contribution in [0.15, 0.2) is 29.2 Å². The van der Waals surface area contributed by atoms with Gasteiger partial charge in [0.2, 0.25) is 16.0 Å². The van der Waals surface area contributed by atoms with Crippen LogP contribution >= 0.6 is 0 Å². The molecule has 0 radical (unpaired) electrons. The molecule has 2 heterocycles. The van der Waals surface area contributed by atoms with Gasteiger partial charge in [0, 0.05) is 44.0 Å². The molecule has 0 spiro atoms. The van der Waals surface area contributed by atoms with E-state index in [9.17, 15) is 17.2 Å². The molecule has 2 N–H and O–H groups in total. The van der Waals surface area contributed by atoms with Gasteiger partial charge in [-0.25, -0.2) is 26.9 Å². The maximum atomic E-state index is 13.7. The summed E-state index contributed by atoms with van der Waals surface area (Å²) in [7, 11) is -4.08. The third-order valence-electron chi connectivity index (χ3n) is 4.40. The maximum absolute atomic E-state index is 13.7. The summed E-state index contributed by atoms with van der Waals surface area (Å²) < 4.78 is 53.2. The van der Waals surface area contributed by atoms with E-state index >= 15 is 0 Å². The van der Waals surface area contributed by atoms with Crippen LogP contribution < -0.4 is 14.9 Å². The number of piperidine rings is 1. The van der Waals surface area contributed by atoms with Crippen LogP contribution in [0.5, 0.6) is 0 Å². The van der Waals surface area contributed by atoms with Gasteiger partial charge in [0.05, 0.1) is 0 Å². The molecule has 0 saturated carbocycles. The Hall–Kier alpha value is -2.33. The first kappa shape index (κ1) is 20.4. The predicted octanol–water partition coefficient (Wildman–Crippen LogP) is 2.44. The lowest BCUT2D eigenvalue weighted by Gasteiger charge is -2.28. The minimum atomic E-state index is -4.08. The number of hydrogen-bond donors (Lipinski definition) is 2. The first-order valence-corrected chi connectivity index (χ1v) is 10.6. The Kier molecular flexibility index (Phi) is 6.40. The van der Waals surface area contributed by atoms with Crippen LogP contribution in [0.2, 0.25) is 0 Å². The molecule has 7 nitrogen and oxygen atoms in total. The van der Waals surface area contributed by atoms with Gasteiger partial charge in [0.25, 0.3) is 0 Å². The molecule has 2 aromatic rings. The maximum Gasteiger partial charge on any atom is 0.243 e. The molecule has 0 atom stereocenters. The summed E-state index contributed by atoms with van der Waals surface area (Å²) in [6.45, 7) is 4.00. The van der Waals surface area contributed by atoms with Crippen molar-refractivity contribution in [3.05, 3.63) is 41.6 Å². The molecule has 0 aliphatic carbocycles. The molecule has 28 heavy (non-hydrogen) atoms. The number of benzene rings is 1. The molecule has 1 aliphatic heterocycles. The Labute approximate surface area is 163 Å². The molecule has 152 valence electrons. The van der Waals surface area contributed by atoms with E-state index in [2.05, 4.69) is 24.9 Å². The Balaban J connectivity index is 1.58. The lowest BCUT2D eigenvalue weighted by molar-refractivity contribution is 0.543. The summed E-state index contributed by atoms with van der Waals surface area (Å²) in [6, 6.07) is 4.26. The van der Waals surface area contributed by atoms with Crippen LogP contribution in [-0.4, -0.2) is 44.6 Å². The predicted molar refractivity (Wildman–Crippen MR) is 103 cm³/mol. The van der Waals surface area contributed by atoms with E-state index in [1.54, 1.807) is 0 Å². The van der Waals surface area contributed by atoms with E-state index in [0.29, 0.717) is 12.0 Å². The minimum absolute atomic E-state index is 0.00446. The second-order valence-corrected chi connectivity index (χ2v) is 8.37. The van der Waals surface area contributed by atoms with Crippen molar-refractivity contribution in [1.29, 1.82) is 0 Å². The van der Waals surface area contributed by atoms with Crippen LogP contribution in [0.25, 0.3) is 0 Å². The van der Waals surface area contributed by atoms with Gasteiger partial charge in [-0.15, -0.1) is 0 Å². The van der Waals surface area contributed by atoms with E-state index in [1.807, 2.05) is 13.0 Å². The highest BCUT2D eigenvalue weighted by molar-refractivity contribution is 7.89. The number of nitrogens with zero attached hydrogens (tertiary/aromatic N) is 3. The molecular formula is C18H23F2N5O2S. The topological polar surface area (TPSA) is 87.2 Å². The van der Waals surface area contributed by atoms with E-state index in [0.717, 1.165) is 49.6 Å². The lowest BCUT2D eigenvalue weighted by atomic mass is 10.1. The van der Waals surface area contributed by atoms with E-state index in [4.69, 9.17) is 0 Å². The quantitative estimate of drug-likeness (QED) is 0.681. The van der Waals surface area contributed by atoms with Crippen molar-refractivity contribution in [2.75, 3.05) is 36.4 Å². The minimum Gasteiger partial charge on any atom is -0.356 e. The SMILES string of the molecule is Cc1cc(N2CCCCC2)nc(NCCNS(=O)(=O)c2ccc(F)cc2F)n1. The Morgan fingerprint density at radius 1 is 1.07 bits per heavy atom. The van der Waals surface area contributed by atoms with E-state index in [-0.39, 0.29) is 13.1 Å². The van der Waals surface area contributed by atoms with Gasteiger partial charge in [-0.3, -0.25) is 0 Å². The van der Waals surface area contributed by atoms with Crippen molar-refractivity contribution >= 4 is 21.8 Å². The zero-order chi connectivity index (χ0) is 20.1. The van der Waals surface area contributed by atoms with Crippen molar-refractivity contribution in [3.8, 4) is 0 Å². The molecule has 10 heteroatoms. The average molecular weight is 411 g/mol. The summed E-state index contributed by atoms with van der Waals surface area (Å²) in [5, 5.41) is 2.98. The van der Waals surface area contributed by atoms with Crippen molar-refractivity contribution in [3.63, 3.8) is 0 Å². The third-order valence-corrected chi connectivity index (χ3v) is 5.90. The first-order chi connectivity index (χ1) is 13.3. The van der Waals surface area contributed by atoms with Gasteiger partial charge in [0.1, 0.15) is 22.3 Å². The Bertz CT molecular complexity index is 934. The molecule has 0 amide bonds. The van der Waals surface area contributed by atoms with Gasteiger partial charge in [-0.2, -0.15) is 4.98 Å². The molecule has 1 fully saturated rings. The standard InChI is InChI=1S/C18H23F2N5O2S/c1-13-11-17(25-9-3-2-4-10-25)24-18(23-13)21-7-8-22-28(26,27)16-6-5-14(19)12-15(16)20/h5-6,11-12,22H,2-4,7-10H2,1H3,(H,21,23,24). The Morgan fingerprint density at radius 3 is 2.54 bits per heavy atom. The van der Waals surface area contributed by atoms with Crippen molar-refractivity contribution in [2.45, 2.75) is 31.1 Å². The number of halogens is 2. The number of anilines is 2. The van der Waals surface area contributed by atoms with Crippen LogP contribution in [0, 0.1) is 18.6 Å². The number of sulfonamides is 1. The lowest BCUT2D eigenvalue weighted by Crippen LogP contribution is -2.31. The van der Waals surface area contributed by atoms with Gasteiger partial charge >= 0.3 is 0 Å². The highest BCUT2D eigenvalue weighted by Gasteiger charge is 2.19. The van der Waals surface area contributed by atoms with Crippen molar-refractivity contribution < 1.29 is 17.2 Å². The summed E-state index contributed by atoms with van der Waals surface area (Å²) in [5.41, 5.74) is 0.812. The number of rotatable bonds is 7. The van der Waals surface area contributed by atoms with Crippen LogP contribution in [0.1, 0.15) is 25.0 Å². The summed E-state index contributed by atoms with van der Waals surface area (Å²) in [4.78, 5) is 10.4. The van der Waals surface area contributed by atoms with Gasteiger partial charge < -0.3 is 10.2 Å². The zero-order valence-electron chi connectivity index (χ0n) is 15.6. The fourth-order valence-electron chi connectivity index (χ4n) is 3.05. The molecule has 1 aromatic heterocycles. The van der Waals surface area contributed by atoms with Crippen molar-refractivity contribution in [2.24, 2.45) is 0 Å². The van der Waals surface area contributed by atoms with Gasteiger partial charge in [-0.1, -0.05) is 0 Å². The summed E-state index contributed by atoms with van der Waals surface area (Å²) in [6.07, 6.45) is 3.49. The van der Waals surface area contributed by atoms with Crippen LogP contribution in [0.4, 0.5) is 20.5 Å². The number of aryl methyl sites for hydroxylation is 1. The molecule has 3 rings (SSSR count). The zero-order valence-corrected chi connectivity index (χ0v) is 16.4. The number of aromatic nitrogens is 2. The van der Waals surface area contributed by atoms with E-state index < -0.39 is 26.6 Å².